The highest BCUT2D eigenvalue weighted by molar-refractivity contribution is 4.95. The van der Waals surface area contributed by atoms with E-state index in [0.29, 0.717) is 6.54 Å². The Morgan fingerprint density at radius 1 is 1.36 bits per heavy atom. The summed E-state index contributed by atoms with van der Waals surface area (Å²) in [6.07, 6.45) is 0.757. The smallest absolute Gasteiger partial charge is 0.0607 e. The summed E-state index contributed by atoms with van der Waals surface area (Å²) in [5.41, 5.74) is 0. The predicted molar refractivity (Wildman–Crippen MR) is 44.0 cm³/mol. The zero-order valence-corrected chi connectivity index (χ0v) is 6.80. The third-order valence-corrected chi connectivity index (χ3v) is 1.30. The van der Waals surface area contributed by atoms with Gasteiger partial charge in [0.05, 0.1) is 19.3 Å². The van der Waals surface area contributed by atoms with Gasteiger partial charge in [0.1, 0.15) is 0 Å². The van der Waals surface area contributed by atoms with E-state index < -0.39 is 0 Å². The number of hydrogen-bond acceptors (Lipinski definition) is 3. The second kappa shape index (κ2) is 7.55. The van der Waals surface area contributed by atoms with Gasteiger partial charge in [0.25, 0.3) is 0 Å². The normalized spacial score (nSPS) is 9.45. The molecule has 3 N–H and O–H groups in total. The zero-order chi connectivity index (χ0) is 8.53. The van der Waals surface area contributed by atoms with Crippen molar-refractivity contribution in [1.29, 1.82) is 0 Å². The van der Waals surface area contributed by atoms with E-state index in [2.05, 4.69) is 17.2 Å². The molecule has 0 aromatic carbocycles. The number of rotatable bonds is 5. The summed E-state index contributed by atoms with van der Waals surface area (Å²) >= 11 is 0. The summed E-state index contributed by atoms with van der Waals surface area (Å²) < 4.78 is 0. The van der Waals surface area contributed by atoms with E-state index in [1.54, 1.807) is 6.92 Å². The van der Waals surface area contributed by atoms with Gasteiger partial charge in [-0.3, -0.25) is 0 Å². The molecule has 0 fully saturated rings. The highest BCUT2D eigenvalue weighted by atomic mass is 16.3. The molecule has 0 amide bonds. The third kappa shape index (κ3) is 5.86. The lowest BCUT2D eigenvalue weighted by Crippen LogP contribution is -2.36. The monoisotopic (exact) mass is 157 g/mol. The maximum atomic E-state index is 8.62. The van der Waals surface area contributed by atoms with Gasteiger partial charge in [-0.2, -0.15) is 0 Å². The quantitative estimate of drug-likeness (QED) is 0.367. The molecule has 0 spiro atoms. The van der Waals surface area contributed by atoms with Crippen LogP contribution in [0.5, 0.6) is 0 Å². The van der Waals surface area contributed by atoms with Crippen LogP contribution in [0.1, 0.15) is 13.3 Å². The molecular weight excluding hydrogens is 142 g/mol. The fraction of sp³-hybridized carbons (Fsp3) is 0.750. The van der Waals surface area contributed by atoms with Crippen LogP contribution in [0.4, 0.5) is 0 Å². The van der Waals surface area contributed by atoms with E-state index in [0.717, 1.165) is 6.42 Å². The van der Waals surface area contributed by atoms with E-state index in [4.69, 9.17) is 10.2 Å². The van der Waals surface area contributed by atoms with Crippen molar-refractivity contribution in [3.05, 3.63) is 0 Å². The topological polar surface area (TPSA) is 52.5 Å². The van der Waals surface area contributed by atoms with Crippen LogP contribution in [0.15, 0.2) is 0 Å². The molecule has 0 heterocycles. The Hall–Kier alpha value is -0.560. The van der Waals surface area contributed by atoms with Gasteiger partial charge in [-0.15, -0.1) is 11.8 Å². The van der Waals surface area contributed by atoms with Crippen molar-refractivity contribution in [2.75, 3.05) is 19.8 Å². The second-order valence-corrected chi connectivity index (χ2v) is 2.19. The van der Waals surface area contributed by atoms with Crippen LogP contribution in [0.2, 0.25) is 0 Å². The van der Waals surface area contributed by atoms with Crippen LogP contribution in [0.3, 0.4) is 0 Å². The molecule has 0 atom stereocenters. The Kier molecular flexibility index (Phi) is 7.16. The molecule has 0 rings (SSSR count). The number of aliphatic hydroxyl groups is 2. The maximum absolute atomic E-state index is 8.62. The lowest BCUT2D eigenvalue weighted by Gasteiger charge is -2.10. The minimum absolute atomic E-state index is 0.0317. The first-order chi connectivity index (χ1) is 5.35. The van der Waals surface area contributed by atoms with Crippen molar-refractivity contribution < 1.29 is 10.2 Å². The Balaban J connectivity index is 3.25. The molecule has 3 heteroatoms. The molecule has 0 aliphatic rings. The molecule has 11 heavy (non-hydrogen) atoms. The average molecular weight is 157 g/mol. The van der Waals surface area contributed by atoms with Crippen molar-refractivity contribution >= 4 is 0 Å². The highest BCUT2D eigenvalue weighted by Crippen LogP contribution is 1.80. The molecule has 3 nitrogen and oxygen atoms in total. The first kappa shape index (κ1) is 10.4. The van der Waals surface area contributed by atoms with Gasteiger partial charge in [0.15, 0.2) is 0 Å². The van der Waals surface area contributed by atoms with Gasteiger partial charge in [0.2, 0.25) is 0 Å². The SMILES string of the molecule is CC#CCCNC(CO)CO. The standard InChI is InChI=1S/C8H15NO2/c1-2-3-4-5-9-8(6-10)7-11/h8-11H,4-7H2,1H3. The van der Waals surface area contributed by atoms with Crippen molar-refractivity contribution in [3.8, 4) is 11.8 Å². The molecule has 0 unspecified atom stereocenters. The van der Waals surface area contributed by atoms with Crippen LogP contribution in [0.25, 0.3) is 0 Å². The summed E-state index contributed by atoms with van der Waals surface area (Å²) in [5, 5.41) is 20.2. The maximum Gasteiger partial charge on any atom is 0.0607 e. The molecule has 0 aromatic heterocycles. The number of hydrogen-bond donors (Lipinski definition) is 3. The van der Waals surface area contributed by atoms with Gasteiger partial charge < -0.3 is 15.5 Å². The molecule has 0 aliphatic heterocycles. The van der Waals surface area contributed by atoms with Gasteiger partial charge in [-0.1, -0.05) is 0 Å². The molecule has 64 valence electrons. The molecule has 0 saturated heterocycles. The first-order valence-corrected chi connectivity index (χ1v) is 3.69. The Morgan fingerprint density at radius 3 is 2.45 bits per heavy atom. The summed E-state index contributed by atoms with van der Waals surface area (Å²) in [7, 11) is 0. The summed E-state index contributed by atoms with van der Waals surface area (Å²) in [6, 6.07) is -0.200. The highest BCUT2D eigenvalue weighted by Gasteiger charge is 2.01. The van der Waals surface area contributed by atoms with E-state index >= 15 is 0 Å². The van der Waals surface area contributed by atoms with Crippen molar-refractivity contribution in [1.82, 2.24) is 5.32 Å². The minimum Gasteiger partial charge on any atom is -0.395 e. The van der Waals surface area contributed by atoms with Crippen LogP contribution in [0, 0.1) is 11.8 Å². The van der Waals surface area contributed by atoms with Crippen molar-refractivity contribution in [2.24, 2.45) is 0 Å². The summed E-state index contributed by atoms with van der Waals surface area (Å²) in [5.74, 6) is 5.64. The fourth-order valence-corrected chi connectivity index (χ4v) is 0.651. The molecular formula is C8H15NO2. The Labute approximate surface area is 67.4 Å². The Bertz CT molecular complexity index is 133. The van der Waals surface area contributed by atoms with Crippen molar-refractivity contribution in [3.63, 3.8) is 0 Å². The summed E-state index contributed by atoms with van der Waals surface area (Å²) in [4.78, 5) is 0. The van der Waals surface area contributed by atoms with Crippen molar-refractivity contribution in [2.45, 2.75) is 19.4 Å². The number of nitrogens with one attached hydrogen (secondary N) is 1. The van der Waals surface area contributed by atoms with Gasteiger partial charge in [-0.25, -0.2) is 0 Å². The molecule has 0 radical (unpaired) electrons. The van der Waals surface area contributed by atoms with E-state index in [-0.39, 0.29) is 19.3 Å². The number of aliphatic hydroxyl groups excluding tert-OH is 2. The first-order valence-electron chi connectivity index (χ1n) is 3.69. The molecule has 0 saturated carbocycles. The van der Waals surface area contributed by atoms with Crippen LogP contribution >= 0.6 is 0 Å². The minimum atomic E-state index is -0.200. The second-order valence-electron chi connectivity index (χ2n) is 2.19. The molecule has 0 aliphatic carbocycles. The predicted octanol–water partition coefficient (Wildman–Crippen LogP) is -0.657. The fourth-order valence-electron chi connectivity index (χ4n) is 0.651. The lowest BCUT2D eigenvalue weighted by molar-refractivity contribution is 0.172. The lowest BCUT2D eigenvalue weighted by atomic mass is 10.3. The van der Waals surface area contributed by atoms with Crippen LogP contribution in [-0.2, 0) is 0 Å². The third-order valence-electron chi connectivity index (χ3n) is 1.30. The van der Waals surface area contributed by atoms with E-state index in [1.807, 2.05) is 0 Å². The van der Waals surface area contributed by atoms with Gasteiger partial charge in [0, 0.05) is 13.0 Å². The zero-order valence-electron chi connectivity index (χ0n) is 6.80. The van der Waals surface area contributed by atoms with E-state index in [1.165, 1.54) is 0 Å². The Morgan fingerprint density at radius 2 is 2.00 bits per heavy atom. The van der Waals surface area contributed by atoms with Crippen LogP contribution in [-0.4, -0.2) is 36.0 Å². The van der Waals surface area contributed by atoms with E-state index in [9.17, 15) is 0 Å². The van der Waals surface area contributed by atoms with Gasteiger partial charge in [-0.05, 0) is 6.92 Å². The summed E-state index contributed by atoms with van der Waals surface area (Å²) in [6.45, 7) is 2.44. The van der Waals surface area contributed by atoms with Crippen LogP contribution < -0.4 is 5.32 Å². The molecule has 0 aromatic rings. The molecule has 0 bridgehead atoms. The van der Waals surface area contributed by atoms with Gasteiger partial charge >= 0.3 is 0 Å². The average Bonchev–Trinajstić information content (AvgIpc) is 2.05. The largest absolute Gasteiger partial charge is 0.395 e.